The third-order valence-corrected chi connectivity index (χ3v) is 5.40. The molecule has 0 unspecified atom stereocenters. The van der Waals surface area contributed by atoms with Gasteiger partial charge in [-0.25, -0.2) is 0 Å². The molecule has 0 aliphatic heterocycles. The molecule has 8 heteroatoms. The molecule has 31 heavy (non-hydrogen) atoms. The van der Waals surface area contributed by atoms with Gasteiger partial charge >= 0.3 is 0 Å². The van der Waals surface area contributed by atoms with Crippen molar-refractivity contribution >= 4 is 40.0 Å². The molecule has 164 valence electrons. The summed E-state index contributed by atoms with van der Waals surface area (Å²) in [7, 11) is 1.60. The highest BCUT2D eigenvalue weighted by Crippen LogP contribution is 2.16. The van der Waals surface area contributed by atoms with Crippen molar-refractivity contribution in [3.8, 4) is 0 Å². The van der Waals surface area contributed by atoms with Crippen LogP contribution in [0.25, 0.3) is 10.9 Å². The van der Waals surface area contributed by atoms with Crippen molar-refractivity contribution in [2.24, 2.45) is 0 Å². The smallest absolute Gasteiger partial charge is 0.259 e. The Bertz CT molecular complexity index is 1080. The number of amides is 1. The maximum absolute atomic E-state index is 13.3. The monoisotopic (exact) mass is 462 g/mol. The third-order valence-electron chi connectivity index (χ3n) is 4.84. The molecule has 3 aromatic rings. The number of nitrogens with one attached hydrogen (secondary N) is 1. The predicted octanol–water partition coefficient (Wildman–Crippen LogP) is 4.23. The molecule has 0 fully saturated rings. The minimum Gasteiger partial charge on any atom is -0.382 e. The molecule has 1 N–H and O–H groups in total. The number of ether oxygens (including phenoxy) is 2. The van der Waals surface area contributed by atoms with Crippen molar-refractivity contribution < 1.29 is 14.3 Å². The molecule has 0 saturated heterocycles. The number of carbonyl (C=O) groups excluding carboxylic acids is 1. The first-order chi connectivity index (χ1) is 15.0. The van der Waals surface area contributed by atoms with Gasteiger partial charge in [-0.2, -0.15) is 0 Å². The molecule has 0 spiro atoms. The van der Waals surface area contributed by atoms with E-state index in [2.05, 4.69) is 4.98 Å². The summed E-state index contributed by atoms with van der Waals surface area (Å²) in [4.78, 5) is 31.0. The molecular formula is C23H24Cl2N2O4. The van der Waals surface area contributed by atoms with Gasteiger partial charge < -0.3 is 19.4 Å². The summed E-state index contributed by atoms with van der Waals surface area (Å²) in [6.07, 6.45) is 1.47. The summed E-state index contributed by atoms with van der Waals surface area (Å²) < 4.78 is 10.5. The Balaban J connectivity index is 1.87. The highest BCUT2D eigenvalue weighted by atomic mass is 35.5. The number of alkyl halides is 1. The van der Waals surface area contributed by atoms with Crippen LogP contribution in [0.2, 0.25) is 5.02 Å². The van der Waals surface area contributed by atoms with E-state index in [4.69, 9.17) is 32.7 Å². The van der Waals surface area contributed by atoms with Crippen LogP contribution < -0.4 is 5.43 Å². The van der Waals surface area contributed by atoms with Crippen LogP contribution in [0.3, 0.4) is 0 Å². The SMILES string of the molecule is COCCOCCN(Cc1ccc(Cl)cc1)C(=O)c1c[nH]c2ccc(CCl)cc2c1=O. The second-order valence-electron chi connectivity index (χ2n) is 7.00. The van der Waals surface area contributed by atoms with E-state index in [1.165, 1.54) is 6.20 Å². The number of benzene rings is 2. The fourth-order valence-electron chi connectivity index (χ4n) is 3.16. The number of halogens is 2. The fourth-order valence-corrected chi connectivity index (χ4v) is 3.45. The first-order valence-corrected chi connectivity index (χ1v) is 10.8. The van der Waals surface area contributed by atoms with Crippen molar-refractivity contribution in [2.75, 3.05) is 33.5 Å². The maximum atomic E-state index is 13.3. The lowest BCUT2D eigenvalue weighted by atomic mass is 10.1. The molecule has 0 saturated carbocycles. The van der Waals surface area contributed by atoms with Crippen LogP contribution >= 0.6 is 23.2 Å². The summed E-state index contributed by atoms with van der Waals surface area (Å²) in [6, 6.07) is 12.6. The lowest BCUT2D eigenvalue weighted by Gasteiger charge is -2.23. The number of rotatable bonds is 10. The molecule has 0 aliphatic carbocycles. The zero-order chi connectivity index (χ0) is 22.2. The van der Waals surface area contributed by atoms with Crippen LogP contribution in [-0.2, 0) is 21.9 Å². The highest BCUT2D eigenvalue weighted by Gasteiger charge is 2.20. The van der Waals surface area contributed by atoms with Gasteiger partial charge in [-0.1, -0.05) is 29.8 Å². The molecular weight excluding hydrogens is 439 g/mol. The molecule has 1 amide bonds. The summed E-state index contributed by atoms with van der Waals surface area (Å²) >= 11 is 11.9. The number of pyridine rings is 1. The molecule has 0 radical (unpaired) electrons. The number of aromatic nitrogens is 1. The van der Waals surface area contributed by atoms with Crippen LogP contribution in [0.15, 0.2) is 53.5 Å². The Labute approximate surface area is 190 Å². The van der Waals surface area contributed by atoms with Crippen molar-refractivity contribution in [3.63, 3.8) is 0 Å². The van der Waals surface area contributed by atoms with Crippen molar-refractivity contribution in [1.82, 2.24) is 9.88 Å². The standard InChI is InChI=1S/C23H24Cl2N2O4/c1-30-10-11-31-9-8-27(15-16-2-5-18(25)6-3-16)23(29)20-14-26-21-7-4-17(13-24)12-19(21)22(20)28/h2-7,12,14H,8-11,13,15H2,1H3,(H,26,28). The second kappa shape index (κ2) is 11.3. The molecule has 0 aliphatic rings. The number of fused-ring (bicyclic) bond motifs is 1. The van der Waals surface area contributed by atoms with Crippen LogP contribution in [0.4, 0.5) is 0 Å². The van der Waals surface area contributed by atoms with E-state index in [0.29, 0.717) is 48.8 Å². The lowest BCUT2D eigenvalue weighted by molar-refractivity contribution is 0.0476. The molecule has 1 aromatic heterocycles. The Morgan fingerprint density at radius 1 is 1.06 bits per heavy atom. The normalized spacial score (nSPS) is 11.1. The minimum atomic E-state index is -0.371. The predicted molar refractivity (Wildman–Crippen MR) is 123 cm³/mol. The quantitative estimate of drug-likeness (QED) is 0.361. The van der Waals surface area contributed by atoms with Crippen LogP contribution in [-0.4, -0.2) is 49.3 Å². The maximum Gasteiger partial charge on any atom is 0.259 e. The number of H-pyrrole nitrogens is 1. The zero-order valence-electron chi connectivity index (χ0n) is 17.2. The van der Waals surface area contributed by atoms with Crippen molar-refractivity contribution in [2.45, 2.75) is 12.4 Å². The minimum absolute atomic E-state index is 0.0741. The van der Waals surface area contributed by atoms with Gasteiger partial charge in [0.1, 0.15) is 5.56 Å². The second-order valence-corrected chi connectivity index (χ2v) is 7.71. The van der Waals surface area contributed by atoms with E-state index in [-0.39, 0.29) is 22.8 Å². The Hall–Kier alpha value is -2.38. The van der Waals surface area contributed by atoms with Gasteiger partial charge in [0.05, 0.1) is 19.8 Å². The van der Waals surface area contributed by atoms with Gasteiger partial charge in [0.2, 0.25) is 5.43 Å². The average Bonchev–Trinajstić information content (AvgIpc) is 2.79. The van der Waals surface area contributed by atoms with E-state index in [1.54, 1.807) is 36.3 Å². The van der Waals surface area contributed by atoms with Crippen molar-refractivity contribution in [3.05, 3.63) is 80.6 Å². The topological polar surface area (TPSA) is 71.6 Å². The van der Waals surface area contributed by atoms with Crippen LogP contribution in [0.1, 0.15) is 21.5 Å². The number of methoxy groups -OCH3 is 1. The zero-order valence-corrected chi connectivity index (χ0v) is 18.7. The van der Waals surface area contributed by atoms with Gasteiger partial charge in [0.25, 0.3) is 5.91 Å². The first kappa shape index (κ1) is 23.3. The van der Waals surface area contributed by atoms with E-state index in [1.807, 2.05) is 18.2 Å². The van der Waals surface area contributed by atoms with Gasteiger partial charge in [-0.15, -0.1) is 11.6 Å². The number of hydrogen-bond acceptors (Lipinski definition) is 4. The summed E-state index contributed by atoms with van der Waals surface area (Å²) in [5.41, 5.74) is 2.12. The Kier molecular flexibility index (Phi) is 8.49. The molecule has 2 aromatic carbocycles. The average molecular weight is 463 g/mol. The van der Waals surface area contributed by atoms with E-state index in [0.717, 1.165) is 11.1 Å². The number of hydrogen-bond donors (Lipinski definition) is 1. The van der Waals surface area contributed by atoms with Crippen molar-refractivity contribution in [1.29, 1.82) is 0 Å². The van der Waals surface area contributed by atoms with Gasteiger partial charge in [-0.3, -0.25) is 9.59 Å². The van der Waals surface area contributed by atoms with Gasteiger partial charge in [0.15, 0.2) is 0 Å². The van der Waals surface area contributed by atoms with Gasteiger partial charge in [0, 0.05) is 48.2 Å². The number of carbonyl (C=O) groups is 1. The fraction of sp³-hybridized carbons (Fsp3) is 0.304. The summed E-state index contributed by atoms with van der Waals surface area (Å²) in [5, 5.41) is 1.05. The van der Waals surface area contributed by atoms with Crippen LogP contribution in [0.5, 0.6) is 0 Å². The highest BCUT2D eigenvalue weighted by molar-refractivity contribution is 6.30. The number of nitrogens with zero attached hydrogens (tertiary/aromatic N) is 1. The molecule has 6 nitrogen and oxygen atoms in total. The lowest BCUT2D eigenvalue weighted by Crippen LogP contribution is -2.36. The van der Waals surface area contributed by atoms with E-state index >= 15 is 0 Å². The van der Waals surface area contributed by atoms with E-state index < -0.39 is 0 Å². The number of aromatic amines is 1. The van der Waals surface area contributed by atoms with Crippen LogP contribution in [0, 0.1) is 0 Å². The third kappa shape index (κ3) is 6.08. The molecule has 3 rings (SSSR count). The first-order valence-electron chi connectivity index (χ1n) is 9.84. The Morgan fingerprint density at radius 3 is 2.52 bits per heavy atom. The molecule has 1 heterocycles. The van der Waals surface area contributed by atoms with Gasteiger partial charge in [-0.05, 0) is 35.4 Å². The van der Waals surface area contributed by atoms with E-state index in [9.17, 15) is 9.59 Å². The molecule has 0 atom stereocenters. The Morgan fingerprint density at radius 2 is 1.81 bits per heavy atom. The largest absolute Gasteiger partial charge is 0.382 e. The summed E-state index contributed by atoms with van der Waals surface area (Å²) in [5.74, 6) is -0.0839. The molecule has 0 bridgehead atoms. The summed E-state index contributed by atoms with van der Waals surface area (Å²) in [6.45, 7) is 1.87.